The van der Waals surface area contributed by atoms with Crippen LogP contribution in [0.4, 0.5) is 0 Å². The van der Waals surface area contributed by atoms with Gasteiger partial charge in [-0.1, -0.05) is 71.5 Å². The number of nitriles is 2. The molecular formula is C60H43IN6. The number of aryl methyl sites for hydroxylation is 6. The van der Waals surface area contributed by atoms with Gasteiger partial charge in [0, 0.05) is 59.0 Å². The van der Waals surface area contributed by atoms with Crippen molar-refractivity contribution in [3.63, 3.8) is 0 Å². The maximum absolute atomic E-state index is 9.57. The van der Waals surface area contributed by atoms with Crippen molar-refractivity contribution in [3.05, 3.63) is 197 Å². The lowest BCUT2D eigenvalue weighted by Crippen LogP contribution is -1.95. The number of rotatable bonds is 4. The fraction of sp³-hybridized carbons (Fsp3) is 0.100. The third kappa shape index (κ3) is 8.07. The number of aromatic nitrogens is 4. The van der Waals surface area contributed by atoms with E-state index < -0.39 is 0 Å². The zero-order valence-electron chi connectivity index (χ0n) is 37.9. The van der Waals surface area contributed by atoms with Gasteiger partial charge in [0.15, 0.2) is 0 Å². The highest BCUT2D eigenvalue weighted by molar-refractivity contribution is 14.1. The summed E-state index contributed by atoms with van der Waals surface area (Å²) in [6.07, 6.45) is 8.58. The first-order valence-corrected chi connectivity index (χ1v) is 23.2. The molecule has 0 radical (unpaired) electrons. The van der Waals surface area contributed by atoms with Crippen molar-refractivity contribution in [3.8, 4) is 68.5 Å². The molecule has 320 valence electrons. The Morgan fingerprint density at radius 2 is 0.776 bits per heavy atom. The molecule has 2 N–H and O–H groups in total. The fourth-order valence-corrected chi connectivity index (χ4v) is 10.1. The van der Waals surface area contributed by atoms with Gasteiger partial charge in [0.1, 0.15) is 12.1 Å². The average Bonchev–Trinajstić information content (AvgIpc) is 4.16. The Kier molecular flexibility index (Phi) is 11.1. The summed E-state index contributed by atoms with van der Waals surface area (Å²) in [6, 6.07) is 43.8. The normalized spacial score (nSPS) is 11.5. The summed E-state index contributed by atoms with van der Waals surface area (Å²) < 4.78 is 1.16. The maximum atomic E-state index is 9.57. The Hall–Kier alpha value is -8.03. The summed E-state index contributed by atoms with van der Waals surface area (Å²) in [7, 11) is 0. The Labute approximate surface area is 404 Å². The van der Waals surface area contributed by atoms with Crippen molar-refractivity contribution in [2.24, 2.45) is 0 Å². The molecule has 3 aromatic heterocycles. The minimum atomic E-state index is 0.311. The molecule has 0 atom stereocenters. The van der Waals surface area contributed by atoms with E-state index in [9.17, 15) is 10.5 Å². The van der Waals surface area contributed by atoms with E-state index in [0.717, 1.165) is 98.5 Å². The molecule has 6 nitrogen and oxygen atoms in total. The summed E-state index contributed by atoms with van der Waals surface area (Å²) >= 11 is 2.37. The predicted octanol–water partition coefficient (Wildman–Crippen LogP) is 14.9. The molecule has 0 unspecified atom stereocenters. The van der Waals surface area contributed by atoms with E-state index in [1.807, 2.05) is 12.1 Å². The number of H-pyrrole nitrogens is 2. The van der Waals surface area contributed by atoms with Crippen molar-refractivity contribution in [1.82, 2.24) is 19.9 Å². The second-order valence-corrected chi connectivity index (χ2v) is 18.6. The van der Waals surface area contributed by atoms with Gasteiger partial charge < -0.3 is 9.97 Å². The van der Waals surface area contributed by atoms with Gasteiger partial charge in [0.05, 0.1) is 33.9 Å². The Morgan fingerprint density at radius 1 is 0.403 bits per heavy atom. The molecule has 0 aliphatic carbocycles. The van der Waals surface area contributed by atoms with Gasteiger partial charge in [-0.2, -0.15) is 10.5 Å². The monoisotopic (exact) mass is 974 g/mol. The smallest absolute Gasteiger partial charge is 0.101 e. The second-order valence-electron chi connectivity index (χ2n) is 17.4. The lowest BCUT2D eigenvalue weighted by molar-refractivity contribution is 1.28. The van der Waals surface area contributed by atoms with Crippen LogP contribution in [0.25, 0.3) is 90.9 Å². The van der Waals surface area contributed by atoms with Crippen LogP contribution in [0, 0.1) is 79.6 Å². The molecule has 0 saturated carbocycles. The number of nitrogens with zero attached hydrogens (tertiary/aromatic N) is 4. The van der Waals surface area contributed by atoms with Crippen molar-refractivity contribution >= 4 is 69.0 Å². The summed E-state index contributed by atoms with van der Waals surface area (Å²) in [6.45, 7) is 13.0. The second kappa shape index (κ2) is 17.4. The Morgan fingerprint density at radius 3 is 1.21 bits per heavy atom. The Balaban J connectivity index is 1.30. The quantitative estimate of drug-likeness (QED) is 0.135. The molecule has 5 heterocycles. The number of fused-ring (bicyclic) bond motifs is 8. The molecular weight excluding hydrogens is 932 g/mol. The van der Waals surface area contributed by atoms with Crippen LogP contribution in [0.5, 0.6) is 0 Å². The molecule has 2 aliphatic rings. The highest BCUT2D eigenvalue weighted by atomic mass is 127. The van der Waals surface area contributed by atoms with E-state index >= 15 is 0 Å². The van der Waals surface area contributed by atoms with Gasteiger partial charge in [0.25, 0.3) is 0 Å². The highest BCUT2D eigenvalue weighted by Crippen LogP contribution is 2.41. The van der Waals surface area contributed by atoms with Crippen LogP contribution in [-0.2, 0) is 0 Å². The van der Waals surface area contributed by atoms with Crippen LogP contribution >= 0.6 is 22.6 Å². The first kappa shape index (κ1) is 42.9. The topological polar surface area (TPSA) is 105 Å². The van der Waals surface area contributed by atoms with Gasteiger partial charge in [0.2, 0.25) is 0 Å². The SMILES string of the molecule is Cc1cc(C)c(-c2c3nc(c(-c4ccc(C#Cc5ccc(C#N)c(C#N)c5)cc4)c4ccc([nH]4)c(-c4c(C)cc(C)cc4C)c4nc(c(-c5ccc(I)cc5)c5ccc2[nH]5)C=C4)C=C3)c(C)c1. The minimum absolute atomic E-state index is 0.311. The average molecular weight is 975 g/mol. The third-order valence-corrected chi connectivity index (χ3v) is 13.2. The molecule has 0 spiro atoms. The molecule has 8 bridgehead atoms. The molecule has 8 aromatic rings. The standard InChI is InChI=1S/C60H43IN6/c1-34-27-36(3)55(37(4)28-34)59-51-23-19-47(64-51)57(42-12-9-40(10-13-42)7-8-41-11-14-44(32-62)45(31-41)33-63)48-20-24-52(65-48)60(56-38(5)29-35(2)30-39(56)6)54-26-22-50(67-54)58(49-21-25-53(59)66-49)43-15-17-46(61)18-16-43/h9-31,64,67H,1-6H3. The largest absolute Gasteiger partial charge is 0.354 e. The van der Waals surface area contributed by atoms with Gasteiger partial charge in [-0.3, -0.25) is 0 Å². The number of halogens is 1. The van der Waals surface area contributed by atoms with Crippen LogP contribution in [0.2, 0.25) is 0 Å². The van der Waals surface area contributed by atoms with Gasteiger partial charge in [-0.15, -0.1) is 0 Å². The molecule has 2 aliphatic heterocycles. The third-order valence-electron chi connectivity index (χ3n) is 12.5. The zero-order valence-corrected chi connectivity index (χ0v) is 40.1. The Bertz CT molecular complexity index is 3680. The van der Waals surface area contributed by atoms with Gasteiger partial charge in [-0.05, 0) is 200 Å². The lowest BCUT2D eigenvalue weighted by atomic mass is 9.92. The number of nitrogens with one attached hydrogen (secondary N) is 2. The number of benzene rings is 5. The fourth-order valence-electron chi connectivity index (χ4n) is 9.78. The maximum Gasteiger partial charge on any atom is 0.101 e. The van der Waals surface area contributed by atoms with E-state index in [4.69, 9.17) is 9.97 Å². The van der Waals surface area contributed by atoms with Crippen LogP contribution in [0.1, 0.15) is 78.4 Å². The lowest BCUT2D eigenvalue weighted by Gasteiger charge is -2.13. The minimum Gasteiger partial charge on any atom is -0.354 e. The van der Waals surface area contributed by atoms with Gasteiger partial charge in [-0.25, -0.2) is 9.97 Å². The van der Waals surface area contributed by atoms with Crippen molar-refractivity contribution in [2.45, 2.75) is 41.5 Å². The van der Waals surface area contributed by atoms with E-state index in [0.29, 0.717) is 16.7 Å². The molecule has 5 aromatic carbocycles. The molecule has 10 rings (SSSR count). The number of aromatic amines is 2. The molecule has 67 heavy (non-hydrogen) atoms. The van der Waals surface area contributed by atoms with E-state index in [2.05, 4.69) is 207 Å². The molecule has 0 amide bonds. The summed E-state index contributed by atoms with van der Waals surface area (Å²) in [5.41, 5.74) is 24.8. The van der Waals surface area contributed by atoms with E-state index in [1.165, 1.54) is 33.4 Å². The number of hydrogen-bond donors (Lipinski definition) is 2. The summed E-state index contributed by atoms with van der Waals surface area (Å²) in [5, 5.41) is 19.0. The van der Waals surface area contributed by atoms with Crippen LogP contribution in [0.3, 0.4) is 0 Å². The first-order valence-electron chi connectivity index (χ1n) is 22.1. The number of hydrogen-bond acceptors (Lipinski definition) is 4. The molecule has 0 saturated heterocycles. The molecule has 7 heteroatoms. The van der Waals surface area contributed by atoms with E-state index in [1.54, 1.807) is 18.2 Å². The zero-order chi connectivity index (χ0) is 46.5. The van der Waals surface area contributed by atoms with Crippen LogP contribution < -0.4 is 0 Å². The van der Waals surface area contributed by atoms with Crippen molar-refractivity contribution in [1.29, 1.82) is 10.5 Å². The predicted molar refractivity (Wildman–Crippen MR) is 284 cm³/mol. The van der Waals surface area contributed by atoms with E-state index in [-0.39, 0.29) is 0 Å². The molecule has 0 fully saturated rings. The van der Waals surface area contributed by atoms with Gasteiger partial charge >= 0.3 is 0 Å². The first-order chi connectivity index (χ1) is 32.5. The summed E-state index contributed by atoms with van der Waals surface area (Å²) in [5.74, 6) is 6.44. The van der Waals surface area contributed by atoms with Crippen LogP contribution in [-0.4, -0.2) is 19.9 Å². The van der Waals surface area contributed by atoms with Crippen molar-refractivity contribution in [2.75, 3.05) is 0 Å². The van der Waals surface area contributed by atoms with Crippen molar-refractivity contribution < 1.29 is 0 Å². The van der Waals surface area contributed by atoms with Crippen LogP contribution in [0.15, 0.2) is 115 Å². The highest BCUT2D eigenvalue weighted by Gasteiger charge is 2.22. The summed E-state index contributed by atoms with van der Waals surface area (Å²) in [4.78, 5) is 18.9.